The number of nitrogens with zero attached hydrogens (tertiary/aromatic N) is 2. The minimum Gasteiger partial charge on any atom is -0.347 e. The molecule has 2 rings (SSSR count). The molecule has 2 aromatic heterocycles. The summed E-state index contributed by atoms with van der Waals surface area (Å²) in [6.07, 6.45) is 5.66. The maximum absolute atomic E-state index is 11.6. The molecule has 0 aliphatic heterocycles. The second-order valence-electron chi connectivity index (χ2n) is 3.33. The number of aromatic nitrogens is 3. The first-order valence-corrected chi connectivity index (χ1v) is 4.97. The van der Waals surface area contributed by atoms with Crippen molar-refractivity contribution in [2.24, 2.45) is 0 Å². The van der Waals surface area contributed by atoms with Gasteiger partial charge in [-0.3, -0.25) is 14.6 Å². The lowest BCUT2D eigenvalue weighted by molar-refractivity contribution is 0.0945. The molecule has 1 amide bonds. The number of H-pyrrole nitrogens is 1. The first kappa shape index (κ1) is 11.0. The summed E-state index contributed by atoms with van der Waals surface area (Å²) in [5, 5.41) is 2.68. The number of amides is 1. The standard InChI is InChI=1S/C11H10N4O2/c16-10-7-13-9(6-14-10)11(17)15-5-8-1-3-12-4-2-8/h1-4,6-7H,5H2,(H,14,16)(H,15,17). The third-order valence-electron chi connectivity index (χ3n) is 2.11. The molecule has 0 aliphatic rings. The van der Waals surface area contributed by atoms with E-state index in [-0.39, 0.29) is 17.2 Å². The predicted molar refractivity (Wildman–Crippen MR) is 60.3 cm³/mol. The zero-order chi connectivity index (χ0) is 12.1. The van der Waals surface area contributed by atoms with Crippen molar-refractivity contribution in [3.05, 3.63) is 58.5 Å². The van der Waals surface area contributed by atoms with Crippen LogP contribution >= 0.6 is 0 Å². The lowest BCUT2D eigenvalue weighted by Crippen LogP contribution is -2.25. The quantitative estimate of drug-likeness (QED) is 0.782. The Kier molecular flexibility index (Phi) is 3.25. The highest BCUT2D eigenvalue weighted by atomic mass is 16.2. The molecule has 86 valence electrons. The molecule has 0 unspecified atom stereocenters. The molecule has 0 bridgehead atoms. The Hall–Kier alpha value is -2.50. The summed E-state index contributed by atoms with van der Waals surface area (Å²) >= 11 is 0. The lowest BCUT2D eigenvalue weighted by atomic mass is 10.2. The van der Waals surface area contributed by atoms with Crippen molar-refractivity contribution in [3.8, 4) is 0 Å². The van der Waals surface area contributed by atoms with Crippen molar-refractivity contribution in [1.82, 2.24) is 20.3 Å². The van der Waals surface area contributed by atoms with Crippen molar-refractivity contribution in [1.29, 1.82) is 0 Å². The maximum Gasteiger partial charge on any atom is 0.271 e. The molecular formula is C11H10N4O2. The van der Waals surface area contributed by atoms with Gasteiger partial charge in [0.15, 0.2) is 0 Å². The second kappa shape index (κ2) is 5.02. The number of carbonyl (C=O) groups is 1. The van der Waals surface area contributed by atoms with Crippen LogP contribution in [0.4, 0.5) is 0 Å². The van der Waals surface area contributed by atoms with Crippen LogP contribution in [0.15, 0.2) is 41.7 Å². The average Bonchev–Trinajstić information content (AvgIpc) is 2.38. The van der Waals surface area contributed by atoms with Gasteiger partial charge in [0.25, 0.3) is 11.5 Å². The number of hydrogen-bond acceptors (Lipinski definition) is 4. The molecule has 0 radical (unpaired) electrons. The van der Waals surface area contributed by atoms with Crippen molar-refractivity contribution in [2.45, 2.75) is 6.54 Å². The zero-order valence-electron chi connectivity index (χ0n) is 8.88. The Labute approximate surface area is 96.8 Å². The predicted octanol–water partition coefficient (Wildman–Crippen LogP) is 0.0949. The van der Waals surface area contributed by atoms with Gasteiger partial charge in [0.2, 0.25) is 0 Å². The maximum atomic E-state index is 11.6. The molecule has 0 aliphatic carbocycles. The monoisotopic (exact) mass is 230 g/mol. The number of hydrogen-bond donors (Lipinski definition) is 2. The second-order valence-corrected chi connectivity index (χ2v) is 3.33. The van der Waals surface area contributed by atoms with Gasteiger partial charge in [-0.25, -0.2) is 4.98 Å². The fraction of sp³-hybridized carbons (Fsp3) is 0.0909. The van der Waals surface area contributed by atoms with Crippen LogP contribution in [0.3, 0.4) is 0 Å². The molecule has 0 aromatic carbocycles. The van der Waals surface area contributed by atoms with Crippen LogP contribution in [0.1, 0.15) is 16.1 Å². The highest BCUT2D eigenvalue weighted by molar-refractivity contribution is 5.91. The molecule has 0 saturated carbocycles. The molecular weight excluding hydrogens is 220 g/mol. The summed E-state index contributed by atoms with van der Waals surface area (Å²) in [4.78, 5) is 32.4. The molecule has 6 nitrogen and oxygen atoms in total. The lowest BCUT2D eigenvalue weighted by Gasteiger charge is -2.03. The molecule has 2 heterocycles. The van der Waals surface area contributed by atoms with E-state index in [0.717, 1.165) is 11.8 Å². The largest absolute Gasteiger partial charge is 0.347 e. The summed E-state index contributed by atoms with van der Waals surface area (Å²) < 4.78 is 0. The van der Waals surface area contributed by atoms with Gasteiger partial charge in [-0.05, 0) is 17.7 Å². The van der Waals surface area contributed by atoms with Gasteiger partial charge >= 0.3 is 0 Å². The molecule has 2 N–H and O–H groups in total. The molecule has 6 heteroatoms. The van der Waals surface area contributed by atoms with Crippen LogP contribution in [0.2, 0.25) is 0 Å². The van der Waals surface area contributed by atoms with Crippen molar-refractivity contribution in [2.75, 3.05) is 0 Å². The number of pyridine rings is 1. The van der Waals surface area contributed by atoms with E-state index in [2.05, 4.69) is 20.3 Å². The van der Waals surface area contributed by atoms with Gasteiger partial charge in [0.1, 0.15) is 5.69 Å². The third kappa shape index (κ3) is 2.97. The van der Waals surface area contributed by atoms with E-state index >= 15 is 0 Å². The Balaban J connectivity index is 1.98. The van der Waals surface area contributed by atoms with Crippen molar-refractivity contribution < 1.29 is 4.79 Å². The average molecular weight is 230 g/mol. The minimum absolute atomic E-state index is 0.179. The van der Waals surface area contributed by atoms with Crippen LogP contribution in [-0.4, -0.2) is 20.9 Å². The van der Waals surface area contributed by atoms with Gasteiger partial charge in [-0.1, -0.05) is 0 Å². The summed E-state index contributed by atoms with van der Waals surface area (Å²) in [7, 11) is 0. The SMILES string of the molecule is O=C(NCc1ccncc1)c1c[nH]c(=O)cn1. The highest BCUT2D eigenvalue weighted by Crippen LogP contribution is 1.96. The first-order valence-electron chi connectivity index (χ1n) is 4.97. The fourth-order valence-corrected chi connectivity index (χ4v) is 1.24. The molecule has 0 atom stereocenters. The van der Waals surface area contributed by atoms with E-state index in [1.165, 1.54) is 6.20 Å². The summed E-state index contributed by atoms with van der Waals surface area (Å²) in [5.74, 6) is -0.335. The number of nitrogens with one attached hydrogen (secondary N) is 2. The minimum atomic E-state index is -0.337. The van der Waals surface area contributed by atoms with Crippen molar-refractivity contribution >= 4 is 5.91 Å². The molecule has 0 saturated heterocycles. The summed E-state index contributed by atoms with van der Waals surface area (Å²) in [5.41, 5.74) is 0.784. The number of aromatic amines is 1. The van der Waals surface area contributed by atoms with Gasteiger partial charge in [0.05, 0.1) is 6.20 Å². The van der Waals surface area contributed by atoms with E-state index in [4.69, 9.17) is 0 Å². The van der Waals surface area contributed by atoms with Crippen LogP contribution in [-0.2, 0) is 6.54 Å². The number of rotatable bonds is 3. The smallest absolute Gasteiger partial charge is 0.271 e. The Morgan fingerprint density at radius 2 is 2.12 bits per heavy atom. The topological polar surface area (TPSA) is 87.7 Å². The zero-order valence-corrected chi connectivity index (χ0v) is 8.88. The summed E-state index contributed by atoms with van der Waals surface area (Å²) in [6.45, 7) is 0.391. The van der Waals surface area contributed by atoms with Gasteiger partial charge < -0.3 is 10.3 Å². The number of carbonyl (C=O) groups excluding carboxylic acids is 1. The van der Waals surface area contributed by atoms with Crippen LogP contribution < -0.4 is 10.9 Å². The Bertz CT molecular complexity index is 545. The normalized spacial score (nSPS) is 9.88. The molecule has 0 fully saturated rings. The summed E-state index contributed by atoms with van der Waals surface area (Å²) in [6, 6.07) is 3.61. The van der Waals surface area contributed by atoms with Crippen molar-refractivity contribution in [3.63, 3.8) is 0 Å². The van der Waals surface area contributed by atoms with Gasteiger partial charge in [-0.2, -0.15) is 0 Å². The highest BCUT2D eigenvalue weighted by Gasteiger charge is 2.06. The molecule has 17 heavy (non-hydrogen) atoms. The van der Waals surface area contributed by atoms with Crippen LogP contribution in [0.5, 0.6) is 0 Å². The van der Waals surface area contributed by atoms with Gasteiger partial charge in [-0.15, -0.1) is 0 Å². The van der Waals surface area contributed by atoms with E-state index in [0.29, 0.717) is 6.54 Å². The van der Waals surface area contributed by atoms with E-state index in [9.17, 15) is 9.59 Å². The molecule has 0 spiro atoms. The fourth-order valence-electron chi connectivity index (χ4n) is 1.24. The Morgan fingerprint density at radius 1 is 1.35 bits per heavy atom. The first-order chi connectivity index (χ1) is 8.25. The van der Waals surface area contributed by atoms with E-state index in [1.54, 1.807) is 24.5 Å². The van der Waals surface area contributed by atoms with Crippen LogP contribution in [0.25, 0.3) is 0 Å². The van der Waals surface area contributed by atoms with Gasteiger partial charge in [0, 0.05) is 25.1 Å². The Morgan fingerprint density at radius 3 is 2.76 bits per heavy atom. The van der Waals surface area contributed by atoms with E-state index in [1.807, 2.05) is 0 Å². The van der Waals surface area contributed by atoms with Crippen LogP contribution in [0, 0.1) is 0 Å². The van der Waals surface area contributed by atoms with E-state index < -0.39 is 0 Å². The third-order valence-corrected chi connectivity index (χ3v) is 2.11. The molecule has 2 aromatic rings.